The Hall–Kier alpha value is -1.40. The lowest BCUT2D eigenvalue weighted by atomic mass is 10.2. The lowest BCUT2D eigenvalue weighted by Gasteiger charge is -2.15. The quantitative estimate of drug-likeness (QED) is 0.433. The number of hydrogen-bond acceptors (Lipinski definition) is 4. The number of ether oxygens (including phenoxy) is 2. The number of methoxy groups -OCH3 is 1. The SMILES string of the molecule is CN=C(NCc1ccc(OCCOC)cc1)NCC1CCCS1. The van der Waals surface area contributed by atoms with Gasteiger partial charge in [-0.1, -0.05) is 12.1 Å². The second kappa shape index (κ2) is 10.4. The molecule has 0 bridgehead atoms. The molecule has 1 atom stereocenters. The largest absolute Gasteiger partial charge is 0.491 e. The fourth-order valence-corrected chi connectivity index (χ4v) is 3.57. The Morgan fingerprint density at radius 3 is 2.74 bits per heavy atom. The van der Waals surface area contributed by atoms with Gasteiger partial charge in [-0.2, -0.15) is 11.8 Å². The van der Waals surface area contributed by atoms with Gasteiger partial charge in [-0.25, -0.2) is 0 Å². The number of hydrogen-bond donors (Lipinski definition) is 2. The summed E-state index contributed by atoms with van der Waals surface area (Å²) in [4.78, 5) is 4.28. The highest BCUT2D eigenvalue weighted by atomic mass is 32.2. The number of thioether (sulfide) groups is 1. The third-order valence-electron chi connectivity index (χ3n) is 3.68. The molecule has 2 N–H and O–H groups in total. The topological polar surface area (TPSA) is 54.9 Å². The number of benzene rings is 1. The first-order valence-electron chi connectivity index (χ1n) is 8.08. The van der Waals surface area contributed by atoms with Crippen LogP contribution in [0, 0.1) is 0 Å². The van der Waals surface area contributed by atoms with Gasteiger partial charge in [-0.15, -0.1) is 0 Å². The summed E-state index contributed by atoms with van der Waals surface area (Å²) in [7, 11) is 3.48. The Morgan fingerprint density at radius 2 is 2.09 bits per heavy atom. The number of nitrogens with zero attached hydrogens (tertiary/aromatic N) is 1. The third kappa shape index (κ3) is 6.71. The summed E-state index contributed by atoms with van der Waals surface area (Å²) in [5.74, 6) is 3.02. The highest BCUT2D eigenvalue weighted by Gasteiger charge is 2.15. The normalized spacial score (nSPS) is 18.0. The molecule has 0 radical (unpaired) electrons. The van der Waals surface area contributed by atoms with Crippen molar-refractivity contribution in [2.75, 3.05) is 39.7 Å². The second-order valence-electron chi connectivity index (χ2n) is 5.43. The van der Waals surface area contributed by atoms with Gasteiger partial charge in [0.15, 0.2) is 5.96 Å². The Bertz CT molecular complexity index is 473. The van der Waals surface area contributed by atoms with Crippen LogP contribution in [0.3, 0.4) is 0 Å². The first kappa shape index (κ1) is 17.9. The van der Waals surface area contributed by atoms with Gasteiger partial charge in [0, 0.05) is 32.5 Å². The fraction of sp³-hybridized carbons (Fsp3) is 0.588. The van der Waals surface area contributed by atoms with Crippen LogP contribution in [0.25, 0.3) is 0 Å². The van der Waals surface area contributed by atoms with Crippen molar-refractivity contribution in [1.29, 1.82) is 0 Å². The number of nitrogens with one attached hydrogen (secondary N) is 2. The maximum atomic E-state index is 5.56. The van der Waals surface area contributed by atoms with E-state index >= 15 is 0 Å². The zero-order valence-electron chi connectivity index (χ0n) is 14.0. The summed E-state index contributed by atoms with van der Waals surface area (Å²) >= 11 is 2.05. The average Bonchev–Trinajstić information content (AvgIpc) is 3.10. The molecule has 0 amide bonds. The first-order chi connectivity index (χ1) is 11.3. The molecule has 1 aliphatic heterocycles. The third-order valence-corrected chi connectivity index (χ3v) is 5.08. The summed E-state index contributed by atoms with van der Waals surface area (Å²) in [6.45, 7) is 2.90. The smallest absolute Gasteiger partial charge is 0.191 e. The predicted molar refractivity (Wildman–Crippen MR) is 97.5 cm³/mol. The van der Waals surface area contributed by atoms with Crippen LogP contribution in [0.15, 0.2) is 29.3 Å². The van der Waals surface area contributed by atoms with Crippen molar-refractivity contribution in [2.45, 2.75) is 24.6 Å². The molecule has 0 aromatic heterocycles. The average molecular weight is 337 g/mol. The van der Waals surface area contributed by atoms with Crippen molar-refractivity contribution in [2.24, 2.45) is 4.99 Å². The summed E-state index contributed by atoms with van der Waals surface area (Å²) < 4.78 is 10.5. The fourth-order valence-electron chi connectivity index (χ4n) is 2.37. The summed E-state index contributed by atoms with van der Waals surface area (Å²) in [6, 6.07) is 8.10. The van der Waals surface area contributed by atoms with E-state index in [1.54, 1.807) is 7.11 Å². The number of aliphatic imine (C=N–C) groups is 1. The second-order valence-corrected chi connectivity index (χ2v) is 6.84. The number of rotatable bonds is 8. The summed E-state index contributed by atoms with van der Waals surface area (Å²) in [6.07, 6.45) is 2.64. The van der Waals surface area contributed by atoms with E-state index in [0.717, 1.165) is 30.0 Å². The van der Waals surface area contributed by atoms with Gasteiger partial charge in [0.25, 0.3) is 0 Å². The summed E-state index contributed by atoms with van der Waals surface area (Å²) in [5, 5.41) is 7.48. The van der Waals surface area contributed by atoms with E-state index in [2.05, 4.69) is 39.5 Å². The first-order valence-corrected chi connectivity index (χ1v) is 9.13. The van der Waals surface area contributed by atoms with Gasteiger partial charge in [0.05, 0.1) is 6.61 Å². The minimum absolute atomic E-state index is 0.573. The van der Waals surface area contributed by atoms with Crippen molar-refractivity contribution < 1.29 is 9.47 Å². The van der Waals surface area contributed by atoms with E-state index in [1.165, 1.54) is 24.2 Å². The van der Waals surface area contributed by atoms with E-state index < -0.39 is 0 Å². The molecule has 0 saturated carbocycles. The molecule has 1 aromatic rings. The standard InChI is InChI=1S/C17H27N3O2S/c1-18-17(20-13-16-4-3-11-23-16)19-12-14-5-7-15(8-6-14)22-10-9-21-2/h5-8,16H,3-4,9-13H2,1-2H3,(H2,18,19,20). The Morgan fingerprint density at radius 1 is 1.26 bits per heavy atom. The van der Waals surface area contributed by atoms with Crippen LogP contribution in [-0.2, 0) is 11.3 Å². The molecule has 1 aliphatic rings. The molecule has 1 aromatic carbocycles. The van der Waals surface area contributed by atoms with Crippen LogP contribution < -0.4 is 15.4 Å². The van der Waals surface area contributed by atoms with Crippen molar-refractivity contribution in [3.8, 4) is 5.75 Å². The minimum atomic E-state index is 0.573. The molecular weight excluding hydrogens is 310 g/mol. The Balaban J connectivity index is 1.70. The van der Waals surface area contributed by atoms with Crippen LogP contribution in [0.2, 0.25) is 0 Å². The van der Waals surface area contributed by atoms with Crippen LogP contribution >= 0.6 is 11.8 Å². The Kier molecular flexibility index (Phi) is 8.11. The monoisotopic (exact) mass is 337 g/mol. The molecule has 1 unspecified atom stereocenters. The van der Waals surface area contributed by atoms with Crippen molar-refractivity contribution in [3.05, 3.63) is 29.8 Å². The lowest BCUT2D eigenvalue weighted by Crippen LogP contribution is -2.39. The van der Waals surface area contributed by atoms with E-state index in [1.807, 2.05) is 19.2 Å². The highest BCUT2D eigenvalue weighted by Crippen LogP contribution is 2.25. The van der Waals surface area contributed by atoms with Gasteiger partial charge in [-0.3, -0.25) is 4.99 Å². The van der Waals surface area contributed by atoms with Crippen molar-refractivity contribution in [1.82, 2.24) is 10.6 Å². The Labute approximate surface area is 143 Å². The predicted octanol–water partition coefficient (Wildman–Crippen LogP) is 2.27. The molecule has 1 fully saturated rings. The summed E-state index contributed by atoms with van der Waals surface area (Å²) in [5.41, 5.74) is 1.20. The van der Waals surface area contributed by atoms with Crippen molar-refractivity contribution >= 4 is 17.7 Å². The molecule has 2 rings (SSSR count). The van der Waals surface area contributed by atoms with E-state index in [9.17, 15) is 0 Å². The van der Waals surface area contributed by atoms with Crippen LogP contribution in [0.4, 0.5) is 0 Å². The maximum Gasteiger partial charge on any atom is 0.191 e. The van der Waals surface area contributed by atoms with E-state index in [0.29, 0.717) is 13.2 Å². The number of guanidine groups is 1. The van der Waals surface area contributed by atoms with Crippen molar-refractivity contribution in [3.63, 3.8) is 0 Å². The maximum absolute atomic E-state index is 5.56. The van der Waals surface area contributed by atoms with Gasteiger partial charge < -0.3 is 20.1 Å². The van der Waals surface area contributed by atoms with E-state index in [4.69, 9.17) is 9.47 Å². The minimum Gasteiger partial charge on any atom is -0.491 e. The lowest BCUT2D eigenvalue weighted by molar-refractivity contribution is 0.146. The molecule has 1 saturated heterocycles. The zero-order chi connectivity index (χ0) is 16.3. The van der Waals surface area contributed by atoms with Gasteiger partial charge in [0.2, 0.25) is 0 Å². The molecule has 128 valence electrons. The highest BCUT2D eigenvalue weighted by molar-refractivity contribution is 8.00. The molecule has 1 heterocycles. The van der Waals surface area contributed by atoms with E-state index in [-0.39, 0.29) is 0 Å². The van der Waals surface area contributed by atoms with Crippen LogP contribution in [0.1, 0.15) is 18.4 Å². The van der Waals surface area contributed by atoms with Gasteiger partial charge >= 0.3 is 0 Å². The molecule has 0 aliphatic carbocycles. The molecule has 0 spiro atoms. The van der Waals surface area contributed by atoms with Gasteiger partial charge in [0.1, 0.15) is 12.4 Å². The molecule has 23 heavy (non-hydrogen) atoms. The zero-order valence-corrected chi connectivity index (χ0v) is 14.8. The van der Waals surface area contributed by atoms with Crippen LogP contribution in [0.5, 0.6) is 5.75 Å². The van der Waals surface area contributed by atoms with Gasteiger partial charge in [-0.05, 0) is 36.3 Å². The molecule has 6 heteroatoms. The molecular formula is C17H27N3O2S. The molecule has 5 nitrogen and oxygen atoms in total. The van der Waals surface area contributed by atoms with Crippen LogP contribution in [-0.4, -0.2) is 50.9 Å².